The maximum absolute atomic E-state index is 13.3. The zero-order valence-electron chi connectivity index (χ0n) is 20.5. The fraction of sp³-hybridized carbons (Fsp3) is 0.321. The van der Waals surface area contributed by atoms with Gasteiger partial charge in [-0.25, -0.2) is 4.98 Å². The van der Waals surface area contributed by atoms with E-state index in [9.17, 15) is 4.79 Å². The summed E-state index contributed by atoms with van der Waals surface area (Å²) in [6, 6.07) is 14.4. The maximum Gasteiger partial charge on any atom is 0.282 e. The number of benzene rings is 2. The van der Waals surface area contributed by atoms with Gasteiger partial charge in [-0.15, -0.1) is 11.3 Å². The van der Waals surface area contributed by atoms with Gasteiger partial charge >= 0.3 is 0 Å². The summed E-state index contributed by atoms with van der Waals surface area (Å²) in [6.07, 6.45) is 7.52. The van der Waals surface area contributed by atoms with Crippen molar-refractivity contribution in [2.45, 2.75) is 46.1 Å². The molecule has 0 saturated heterocycles. The summed E-state index contributed by atoms with van der Waals surface area (Å²) in [6.45, 7) is 6.56. The Morgan fingerprint density at radius 3 is 2.69 bits per heavy atom. The summed E-state index contributed by atoms with van der Waals surface area (Å²) in [4.78, 5) is 22.3. The molecule has 186 valence electrons. The molecule has 36 heavy (non-hydrogen) atoms. The third kappa shape index (κ3) is 5.20. The van der Waals surface area contributed by atoms with Crippen LogP contribution in [-0.2, 0) is 19.4 Å². The van der Waals surface area contributed by atoms with Gasteiger partial charge in [0, 0.05) is 38.9 Å². The van der Waals surface area contributed by atoms with Crippen molar-refractivity contribution in [3.05, 3.63) is 84.3 Å². The molecule has 2 heterocycles. The molecule has 0 fully saturated rings. The van der Waals surface area contributed by atoms with Crippen molar-refractivity contribution in [2.75, 3.05) is 18.0 Å². The Hall–Kier alpha value is -2.72. The Labute approximate surface area is 228 Å². The van der Waals surface area contributed by atoms with E-state index in [0.29, 0.717) is 6.61 Å². The number of halogens is 1. The van der Waals surface area contributed by atoms with Gasteiger partial charge in [-0.3, -0.25) is 4.79 Å². The minimum absolute atomic E-state index is 0.100. The zero-order chi connectivity index (χ0) is 25.1. The number of fused-ring (bicyclic) bond motifs is 3. The van der Waals surface area contributed by atoms with Crippen LogP contribution in [0, 0.1) is 3.57 Å². The molecule has 0 spiro atoms. The smallest absolute Gasteiger partial charge is 0.282 e. The van der Waals surface area contributed by atoms with Gasteiger partial charge in [0.1, 0.15) is 23.5 Å². The molecule has 6 nitrogen and oxygen atoms in total. The van der Waals surface area contributed by atoms with Crippen molar-refractivity contribution < 1.29 is 4.74 Å². The third-order valence-electron chi connectivity index (χ3n) is 6.61. The van der Waals surface area contributed by atoms with Gasteiger partial charge in [0.05, 0.1) is 11.6 Å². The topological polar surface area (TPSA) is 59.7 Å². The highest BCUT2D eigenvalue weighted by atomic mass is 127. The van der Waals surface area contributed by atoms with Crippen LogP contribution >= 0.6 is 33.9 Å². The van der Waals surface area contributed by atoms with Crippen LogP contribution in [0.25, 0.3) is 10.2 Å². The van der Waals surface area contributed by atoms with Crippen LogP contribution in [0.2, 0.25) is 0 Å². The molecular formula is C28H29IN4O2S. The van der Waals surface area contributed by atoms with Gasteiger partial charge in [-0.05, 0) is 97.5 Å². The Kier molecular flexibility index (Phi) is 7.71. The predicted molar refractivity (Wildman–Crippen MR) is 157 cm³/mol. The molecule has 0 bridgehead atoms. The highest BCUT2D eigenvalue weighted by Crippen LogP contribution is 2.33. The van der Waals surface area contributed by atoms with E-state index < -0.39 is 0 Å². The van der Waals surface area contributed by atoms with Gasteiger partial charge in [-0.2, -0.15) is 9.78 Å². The van der Waals surface area contributed by atoms with E-state index in [1.165, 1.54) is 31.4 Å². The maximum atomic E-state index is 13.3. The zero-order valence-corrected chi connectivity index (χ0v) is 23.5. The first-order chi connectivity index (χ1) is 17.6. The van der Waals surface area contributed by atoms with Crippen LogP contribution in [0.4, 0.5) is 5.69 Å². The normalized spacial score (nSPS) is 13.3. The summed E-state index contributed by atoms with van der Waals surface area (Å²) < 4.78 is 8.81. The predicted octanol–water partition coefficient (Wildman–Crippen LogP) is 6.25. The number of thiophene rings is 1. The van der Waals surface area contributed by atoms with Gasteiger partial charge < -0.3 is 9.64 Å². The van der Waals surface area contributed by atoms with E-state index in [1.807, 2.05) is 6.07 Å². The number of rotatable bonds is 8. The molecule has 0 amide bonds. The SMILES string of the molecule is CCN(CC)c1ccc(/C=N/n2cnc3sc4c(c3c2=O)CCCC4)c(OCc2ccc(I)cc2)c1. The number of nitrogens with zero attached hydrogens (tertiary/aromatic N) is 4. The molecule has 4 aromatic rings. The first kappa shape index (κ1) is 25.0. The minimum Gasteiger partial charge on any atom is -0.488 e. The van der Waals surface area contributed by atoms with Gasteiger partial charge in [0.25, 0.3) is 5.56 Å². The van der Waals surface area contributed by atoms with E-state index in [2.05, 4.69) is 87.8 Å². The number of anilines is 1. The average Bonchev–Trinajstić information content (AvgIpc) is 3.29. The van der Waals surface area contributed by atoms with E-state index in [1.54, 1.807) is 17.6 Å². The summed E-state index contributed by atoms with van der Waals surface area (Å²) in [5, 5.41) is 5.26. The van der Waals surface area contributed by atoms with Gasteiger partial charge in [0.15, 0.2) is 0 Å². The van der Waals surface area contributed by atoms with Crippen molar-refractivity contribution >= 4 is 56.0 Å². The lowest BCUT2D eigenvalue weighted by Crippen LogP contribution is -2.21. The van der Waals surface area contributed by atoms with Crippen LogP contribution in [0.5, 0.6) is 5.75 Å². The molecule has 5 rings (SSSR count). The van der Waals surface area contributed by atoms with Crippen molar-refractivity contribution in [3.8, 4) is 5.75 Å². The molecule has 2 aromatic carbocycles. The lowest BCUT2D eigenvalue weighted by molar-refractivity contribution is 0.306. The lowest BCUT2D eigenvalue weighted by atomic mass is 9.97. The third-order valence-corrected chi connectivity index (χ3v) is 8.53. The number of hydrogen-bond acceptors (Lipinski definition) is 6. The van der Waals surface area contributed by atoms with Crippen LogP contribution in [0.15, 0.2) is 58.7 Å². The number of ether oxygens (including phenoxy) is 1. The Balaban J connectivity index is 1.48. The van der Waals surface area contributed by atoms with Crippen molar-refractivity contribution in [1.82, 2.24) is 9.66 Å². The fourth-order valence-corrected chi connectivity index (χ4v) is 6.20. The molecule has 0 aliphatic heterocycles. The molecule has 0 saturated carbocycles. The van der Waals surface area contributed by atoms with E-state index in [4.69, 9.17) is 4.74 Å². The average molecular weight is 613 g/mol. The summed E-state index contributed by atoms with van der Waals surface area (Å²) in [5.41, 5.74) is 4.08. The number of hydrogen-bond donors (Lipinski definition) is 0. The first-order valence-electron chi connectivity index (χ1n) is 12.4. The van der Waals surface area contributed by atoms with Crippen LogP contribution in [0.1, 0.15) is 48.3 Å². The van der Waals surface area contributed by atoms with Crippen LogP contribution in [-0.4, -0.2) is 29.0 Å². The quantitative estimate of drug-likeness (QED) is 0.175. The monoisotopic (exact) mass is 612 g/mol. The number of aromatic nitrogens is 2. The molecule has 0 N–H and O–H groups in total. The Morgan fingerprint density at radius 2 is 1.92 bits per heavy atom. The Morgan fingerprint density at radius 1 is 1.14 bits per heavy atom. The highest BCUT2D eigenvalue weighted by Gasteiger charge is 2.20. The highest BCUT2D eigenvalue weighted by molar-refractivity contribution is 14.1. The van der Waals surface area contributed by atoms with Crippen molar-refractivity contribution in [1.29, 1.82) is 0 Å². The molecule has 8 heteroatoms. The lowest BCUT2D eigenvalue weighted by Gasteiger charge is -2.22. The van der Waals surface area contributed by atoms with Gasteiger partial charge in [0.2, 0.25) is 0 Å². The molecule has 1 aliphatic rings. The second-order valence-corrected chi connectivity index (χ2v) is 11.2. The molecule has 1 aliphatic carbocycles. The fourth-order valence-electron chi connectivity index (χ4n) is 4.63. The minimum atomic E-state index is -0.100. The summed E-state index contributed by atoms with van der Waals surface area (Å²) in [5.74, 6) is 0.733. The van der Waals surface area contributed by atoms with Gasteiger partial charge in [-0.1, -0.05) is 12.1 Å². The molecule has 0 atom stereocenters. The molecular weight excluding hydrogens is 583 g/mol. The molecule has 2 aromatic heterocycles. The van der Waals surface area contributed by atoms with Crippen LogP contribution < -0.4 is 15.2 Å². The van der Waals surface area contributed by atoms with Crippen LogP contribution in [0.3, 0.4) is 0 Å². The van der Waals surface area contributed by atoms with E-state index in [0.717, 1.165) is 65.1 Å². The standard InChI is InChI=1S/C28H29IN4O2S/c1-3-32(4-2)22-14-11-20(24(15-22)35-17-19-9-12-21(29)13-10-19)16-31-33-18-30-27-26(28(33)34)23-7-5-6-8-25(23)36-27/h9-16,18H,3-8,17H2,1-2H3/b31-16+. The second kappa shape index (κ2) is 11.1. The van der Waals surface area contributed by atoms with E-state index in [-0.39, 0.29) is 5.56 Å². The summed E-state index contributed by atoms with van der Waals surface area (Å²) in [7, 11) is 0. The first-order valence-corrected chi connectivity index (χ1v) is 14.3. The second-order valence-electron chi connectivity index (χ2n) is 8.84. The largest absolute Gasteiger partial charge is 0.488 e. The summed E-state index contributed by atoms with van der Waals surface area (Å²) >= 11 is 3.95. The van der Waals surface area contributed by atoms with E-state index >= 15 is 0 Å². The molecule has 0 unspecified atom stereocenters. The molecule has 0 radical (unpaired) electrons. The number of aryl methyl sites for hydroxylation is 2. The van der Waals surface area contributed by atoms with Crippen molar-refractivity contribution in [3.63, 3.8) is 0 Å². The van der Waals surface area contributed by atoms with Crippen molar-refractivity contribution in [2.24, 2.45) is 5.10 Å². The Bertz CT molecular complexity index is 1460.